The van der Waals surface area contributed by atoms with Gasteiger partial charge in [0.05, 0.1) is 21.6 Å². The number of carboxylic acids is 1. The molecule has 2 aromatic carbocycles. The molecule has 0 unspecified atom stereocenters. The number of carboxylic acid groups (broad SMARTS) is 1. The van der Waals surface area contributed by atoms with Gasteiger partial charge < -0.3 is 10.0 Å². The first-order valence-corrected chi connectivity index (χ1v) is 17.4. The second-order valence-electron chi connectivity index (χ2n) is 12.0. The third kappa shape index (κ3) is 6.58. The molecule has 2 heterocycles. The molecule has 2 aromatic rings. The number of likely N-dealkylation sites (N-methyl/N-ethyl adjacent to an activating group) is 1. The lowest BCUT2D eigenvalue weighted by Gasteiger charge is -2.25. The van der Waals surface area contributed by atoms with Crippen molar-refractivity contribution in [3.63, 3.8) is 0 Å². The highest BCUT2D eigenvalue weighted by Crippen LogP contribution is 2.48. The first-order valence-electron chi connectivity index (χ1n) is 14.3. The Hall–Kier alpha value is -3.58. The molecule has 4 rings (SSSR count). The molecule has 10 nitrogen and oxygen atoms in total. The van der Waals surface area contributed by atoms with E-state index in [1.807, 2.05) is 65.0 Å². The van der Waals surface area contributed by atoms with Gasteiger partial charge in [-0.3, -0.25) is 9.11 Å². The molecule has 44 heavy (non-hydrogen) atoms. The molecular formula is C32H39N2O8S2+. The van der Waals surface area contributed by atoms with Crippen LogP contribution >= 0.6 is 0 Å². The summed E-state index contributed by atoms with van der Waals surface area (Å²) in [6, 6.07) is 9.65. The molecule has 0 bridgehead atoms. The van der Waals surface area contributed by atoms with Crippen LogP contribution < -0.4 is 4.90 Å². The number of benzene rings is 2. The monoisotopic (exact) mass is 643 g/mol. The van der Waals surface area contributed by atoms with Crippen LogP contribution in [-0.4, -0.2) is 66.1 Å². The number of hydrogen-bond donors (Lipinski definition) is 3. The van der Waals surface area contributed by atoms with Gasteiger partial charge in [-0.1, -0.05) is 32.1 Å². The lowest BCUT2D eigenvalue weighted by molar-refractivity contribution is -0.438. The van der Waals surface area contributed by atoms with E-state index in [9.17, 15) is 31.3 Å². The number of carbonyl (C=O) groups is 1. The number of fused-ring (bicyclic) bond motifs is 2. The number of nitrogens with zero attached hydrogens (tertiary/aromatic N) is 2. The normalized spacial score (nSPS) is 18.5. The second-order valence-corrected chi connectivity index (χ2v) is 15.0. The van der Waals surface area contributed by atoms with Gasteiger partial charge in [-0.15, -0.1) is 0 Å². The molecule has 0 radical (unpaired) electrons. The number of allylic oxidation sites excluding steroid dienone is 6. The van der Waals surface area contributed by atoms with Gasteiger partial charge in [0, 0.05) is 47.5 Å². The lowest BCUT2D eigenvalue weighted by atomic mass is 9.81. The van der Waals surface area contributed by atoms with Crippen LogP contribution in [-0.2, 0) is 31.1 Å². The predicted octanol–water partition coefficient (Wildman–Crippen LogP) is 5.49. The standard InChI is InChI=1S/C32H38N2O8S2/c1-6-33-26-17-15-23(44(40,41)42)21-25(26)32(4,5)28(33)12-8-7-9-13-29-31(2,3)24-20-22(30(35)36)14-16-27(24)34(29)18-10-11-19-43(37,38)39/h7-9,12-17,20-21H,6,10-11,18-19H2,1-5H3,(H2-,35,36,37,38,39,40,41,42)/p+1. The molecule has 0 spiro atoms. The number of aromatic carboxylic acids is 1. The minimum absolute atomic E-state index is 0.143. The molecule has 0 aliphatic carbocycles. The molecule has 2 aliphatic heterocycles. The van der Waals surface area contributed by atoms with Gasteiger partial charge in [-0.05, 0) is 69.2 Å². The Morgan fingerprint density at radius 3 is 2.23 bits per heavy atom. The zero-order chi connectivity index (χ0) is 32.7. The van der Waals surface area contributed by atoms with E-state index in [-0.39, 0.29) is 22.6 Å². The third-order valence-electron chi connectivity index (χ3n) is 8.38. The van der Waals surface area contributed by atoms with Crippen molar-refractivity contribution in [3.8, 4) is 0 Å². The SMILES string of the molecule is CCN1/C(=C/C=C/C=C/C2=[N+](CCCCS(=O)(=O)O)c3ccc(C(=O)O)cc3C2(C)C)C(C)(C)c2cc(S(=O)(=O)O)ccc21. The average Bonchev–Trinajstić information content (AvgIpc) is 3.27. The summed E-state index contributed by atoms with van der Waals surface area (Å²) < 4.78 is 66.7. The summed E-state index contributed by atoms with van der Waals surface area (Å²) in [6.45, 7) is 11.2. The summed E-state index contributed by atoms with van der Waals surface area (Å²) in [5.41, 5.74) is 4.40. The maximum Gasteiger partial charge on any atom is 0.335 e. The highest BCUT2D eigenvalue weighted by molar-refractivity contribution is 7.86. The second kappa shape index (κ2) is 12.1. The lowest BCUT2D eigenvalue weighted by Crippen LogP contribution is -2.28. The molecule has 0 aromatic heterocycles. The van der Waals surface area contributed by atoms with Crippen LogP contribution in [0.5, 0.6) is 0 Å². The highest BCUT2D eigenvalue weighted by atomic mass is 32.2. The molecule has 0 fully saturated rings. The Bertz CT molecular complexity index is 1830. The van der Waals surface area contributed by atoms with Crippen LogP contribution in [0.15, 0.2) is 77.4 Å². The minimum Gasteiger partial charge on any atom is -0.478 e. The summed E-state index contributed by atoms with van der Waals surface area (Å²) in [5, 5.41) is 9.57. The topological polar surface area (TPSA) is 152 Å². The Kier molecular flexibility index (Phi) is 9.14. The van der Waals surface area contributed by atoms with E-state index in [1.165, 1.54) is 12.1 Å². The Morgan fingerprint density at radius 1 is 0.909 bits per heavy atom. The Morgan fingerprint density at radius 2 is 1.61 bits per heavy atom. The van der Waals surface area contributed by atoms with Crippen molar-refractivity contribution in [2.45, 2.75) is 63.2 Å². The summed E-state index contributed by atoms with van der Waals surface area (Å²) in [5.74, 6) is -1.35. The van der Waals surface area contributed by atoms with Crippen molar-refractivity contribution >= 4 is 43.3 Å². The minimum atomic E-state index is -4.34. The summed E-state index contributed by atoms with van der Waals surface area (Å²) in [6.07, 6.45) is 10.4. The zero-order valence-corrected chi connectivity index (χ0v) is 27.1. The van der Waals surface area contributed by atoms with E-state index >= 15 is 0 Å². The molecule has 0 saturated carbocycles. The molecule has 0 amide bonds. The molecule has 0 saturated heterocycles. The van der Waals surface area contributed by atoms with Crippen LogP contribution in [0, 0.1) is 0 Å². The number of unbranched alkanes of at least 4 members (excludes halogenated alkanes) is 1. The molecular weight excluding hydrogens is 604 g/mol. The van der Waals surface area contributed by atoms with Gasteiger partial charge in [-0.25, -0.2) is 4.79 Å². The molecule has 2 aliphatic rings. The van der Waals surface area contributed by atoms with Gasteiger partial charge in [0.1, 0.15) is 6.54 Å². The van der Waals surface area contributed by atoms with Crippen LogP contribution in [0.4, 0.5) is 11.4 Å². The summed E-state index contributed by atoms with van der Waals surface area (Å²) in [7, 11) is -8.40. The van der Waals surface area contributed by atoms with Gasteiger partial charge in [-0.2, -0.15) is 21.4 Å². The Labute approximate surface area is 259 Å². The first-order chi connectivity index (χ1) is 20.4. The largest absolute Gasteiger partial charge is 0.478 e. The quantitative estimate of drug-likeness (QED) is 0.125. The van der Waals surface area contributed by atoms with E-state index in [1.54, 1.807) is 24.3 Å². The van der Waals surface area contributed by atoms with Crippen LogP contribution in [0.25, 0.3) is 0 Å². The van der Waals surface area contributed by atoms with Crippen molar-refractivity contribution in [1.29, 1.82) is 0 Å². The van der Waals surface area contributed by atoms with Crippen LogP contribution in [0.1, 0.15) is 68.9 Å². The highest BCUT2D eigenvalue weighted by Gasteiger charge is 2.44. The van der Waals surface area contributed by atoms with Crippen molar-refractivity contribution in [2.24, 2.45) is 0 Å². The molecule has 0 atom stereocenters. The summed E-state index contributed by atoms with van der Waals surface area (Å²) in [4.78, 5) is 13.7. The fourth-order valence-electron chi connectivity index (χ4n) is 6.12. The third-order valence-corrected chi connectivity index (χ3v) is 10.0. The van der Waals surface area contributed by atoms with Gasteiger partial charge in [0.15, 0.2) is 5.71 Å². The zero-order valence-electron chi connectivity index (χ0n) is 25.5. The van der Waals surface area contributed by atoms with E-state index in [4.69, 9.17) is 4.55 Å². The van der Waals surface area contributed by atoms with Gasteiger partial charge in [0.2, 0.25) is 5.69 Å². The van der Waals surface area contributed by atoms with Crippen molar-refractivity contribution in [3.05, 3.63) is 89.2 Å². The molecule has 3 N–H and O–H groups in total. The summed E-state index contributed by atoms with van der Waals surface area (Å²) >= 11 is 0. The van der Waals surface area contributed by atoms with Crippen molar-refractivity contribution in [1.82, 2.24) is 0 Å². The Balaban J connectivity index is 1.65. The van der Waals surface area contributed by atoms with E-state index in [0.29, 0.717) is 19.5 Å². The maximum absolute atomic E-state index is 11.8. The van der Waals surface area contributed by atoms with Crippen LogP contribution in [0.3, 0.4) is 0 Å². The fraction of sp³-hybridized carbons (Fsp3) is 0.375. The number of anilines is 1. The fourth-order valence-corrected chi connectivity index (χ4v) is 7.19. The van der Waals surface area contributed by atoms with E-state index < -0.39 is 37.0 Å². The maximum atomic E-state index is 11.8. The molecule has 236 valence electrons. The van der Waals surface area contributed by atoms with Gasteiger partial charge >= 0.3 is 5.97 Å². The van der Waals surface area contributed by atoms with Crippen molar-refractivity contribution < 1.29 is 40.4 Å². The number of hydrogen-bond acceptors (Lipinski definition) is 6. The number of rotatable bonds is 11. The smallest absolute Gasteiger partial charge is 0.335 e. The van der Waals surface area contributed by atoms with E-state index in [0.717, 1.165) is 33.9 Å². The first kappa shape index (κ1) is 33.3. The average molecular weight is 644 g/mol. The van der Waals surface area contributed by atoms with E-state index in [2.05, 4.69) is 9.48 Å². The van der Waals surface area contributed by atoms with Crippen molar-refractivity contribution in [2.75, 3.05) is 23.7 Å². The molecule has 12 heteroatoms. The predicted molar refractivity (Wildman–Crippen MR) is 171 cm³/mol. The van der Waals surface area contributed by atoms with Gasteiger partial charge in [0.25, 0.3) is 20.2 Å². The van der Waals surface area contributed by atoms with Crippen LogP contribution in [0.2, 0.25) is 0 Å².